The summed E-state index contributed by atoms with van der Waals surface area (Å²) in [5.41, 5.74) is 27.4. The smallest absolute Gasteiger partial charge is 0.119 e. The van der Waals surface area contributed by atoms with Gasteiger partial charge < -0.3 is 19.3 Å². The molecule has 0 amide bonds. The van der Waals surface area contributed by atoms with E-state index < -0.39 is 0 Å². The Hall–Kier alpha value is -9.88. The fourth-order valence-electron chi connectivity index (χ4n) is 13.3. The Labute approximate surface area is 488 Å². The third-order valence-corrected chi connectivity index (χ3v) is 18.0. The molecule has 6 nitrogen and oxygen atoms in total. The van der Waals surface area contributed by atoms with E-state index in [0.717, 1.165) is 64.0 Å². The average Bonchev–Trinajstić information content (AvgIpc) is 3.07. The molecule has 4 aliphatic rings. The molecular formula is C77H64N4O2. The maximum atomic E-state index is 9.61. The molecule has 83 heavy (non-hydrogen) atoms. The normalized spacial score (nSPS) is 15.2. The molecule has 0 heterocycles. The highest BCUT2D eigenvalue weighted by Crippen LogP contribution is 2.54. The minimum Gasteiger partial charge on any atom is -0.497 e. The number of nitriles is 2. The van der Waals surface area contributed by atoms with Crippen LogP contribution in [0.1, 0.15) is 116 Å². The van der Waals surface area contributed by atoms with Crippen molar-refractivity contribution in [2.45, 2.75) is 70.6 Å². The summed E-state index contributed by atoms with van der Waals surface area (Å²) >= 11 is 0. The number of fused-ring (bicyclic) bond motifs is 9. The number of methoxy groups -OCH3 is 2. The van der Waals surface area contributed by atoms with Crippen molar-refractivity contribution < 1.29 is 9.47 Å². The van der Waals surface area contributed by atoms with Crippen LogP contribution < -0.4 is 19.3 Å². The first-order valence-corrected chi connectivity index (χ1v) is 28.6. The lowest BCUT2D eigenvalue weighted by Crippen LogP contribution is -2.20. The van der Waals surface area contributed by atoms with Crippen molar-refractivity contribution in [2.24, 2.45) is 0 Å². The number of benzene rings is 9. The van der Waals surface area contributed by atoms with E-state index >= 15 is 0 Å². The Balaban J connectivity index is 0.726. The Morgan fingerprint density at radius 3 is 1.02 bits per heavy atom. The molecule has 4 aliphatic carbocycles. The van der Waals surface area contributed by atoms with Crippen molar-refractivity contribution in [3.8, 4) is 57.0 Å². The Morgan fingerprint density at radius 1 is 0.361 bits per heavy atom. The topological polar surface area (TPSA) is 72.5 Å². The number of allylic oxidation sites excluding steroid dienone is 4. The highest BCUT2D eigenvalue weighted by atomic mass is 16.5. The second kappa shape index (κ2) is 20.3. The fourth-order valence-corrected chi connectivity index (χ4v) is 13.3. The van der Waals surface area contributed by atoms with E-state index in [-0.39, 0.29) is 16.2 Å². The van der Waals surface area contributed by atoms with Crippen LogP contribution in [0.15, 0.2) is 205 Å². The van der Waals surface area contributed by atoms with Crippen LogP contribution in [-0.4, -0.2) is 14.2 Å². The summed E-state index contributed by atoms with van der Waals surface area (Å²) in [6.07, 6.45) is 14.6. The monoisotopic (exact) mass is 1080 g/mol. The third-order valence-electron chi connectivity index (χ3n) is 18.0. The lowest BCUT2D eigenvalue weighted by atomic mass is 9.81. The van der Waals surface area contributed by atoms with Gasteiger partial charge in [0.15, 0.2) is 0 Å². The van der Waals surface area contributed by atoms with E-state index in [9.17, 15) is 10.5 Å². The first-order chi connectivity index (χ1) is 40.2. The molecule has 0 bridgehead atoms. The first-order valence-electron chi connectivity index (χ1n) is 28.6. The number of nitrogens with zero attached hydrogens (tertiary/aromatic N) is 4. The van der Waals surface area contributed by atoms with Gasteiger partial charge in [0.25, 0.3) is 0 Å². The largest absolute Gasteiger partial charge is 0.497 e. The Bertz CT molecular complexity index is 4330. The van der Waals surface area contributed by atoms with Gasteiger partial charge in [0.1, 0.15) is 11.5 Å². The molecule has 0 atom stereocenters. The molecule has 0 fully saturated rings. The molecule has 0 radical (unpaired) electrons. The Kier molecular flexibility index (Phi) is 12.8. The van der Waals surface area contributed by atoms with Gasteiger partial charge in [0.05, 0.1) is 31.9 Å². The van der Waals surface area contributed by atoms with E-state index in [1.54, 1.807) is 14.2 Å². The highest BCUT2D eigenvalue weighted by molar-refractivity contribution is 5.90. The SMILES string of the molecule is COc1ccc(N(C2=CC=C(C#N)CC2)c2ccc3c(c2)C(C)(C)c2cc(/C=C/c4ccc5c(c4)C(C)(C)c4cc(/C=C/c6ccc7c(c6)C(C)(C)c6cc(N(c8ccc(C#N)cc8)c8ccc(OC)cc8)ccc6-7)ccc4-5)ccc2-3)cc1. The summed E-state index contributed by atoms with van der Waals surface area (Å²) in [6.45, 7) is 14.1. The molecule has 0 aromatic heterocycles. The highest BCUT2D eigenvalue weighted by Gasteiger charge is 2.39. The van der Waals surface area contributed by atoms with Gasteiger partial charge in [0, 0.05) is 56.0 Å². The van der Waals surface area contributed by atoms with Gasteiger partial charge in [-0.2, -0.15) is 10.5 Å². The quantitative estimate of drug-likeness (QED) is 0.114. The molecule has 0 aliphatic heterocycles. The maximum Gasteiger partial charge on any atom is 0.119 e. The van der Waals surface area contributed by atoms with Crippen LogP contribution in [0.2, 0.25) is 0 Å². The van der Waals surface area contributed by atoms with Gasteiger partial charge in [0.2, 0.25) is 0 Å². The van der Waals surface area contributed by atoms with E-state index in [1.165, 1.54) is 89.0 Å². The van der Waals surface area contributed by atoms with E-state index in [2.05, 4.69) is 227 Å². The number of hydrogen-bond acceptors (Lipinski definition) is 6. The van der Waals surface area contributed by atoms with E-state index in [1.807, 2.05) is 54.6 Å². The van der Waals surface area contributed by atoms with Crippen LogP contribution in [0, 0.1) is 22.7 Å². The predicted octanol–water partition coefficient (Wildman–Crippen LogP) is 19.6. The minimum absolute atomic E-state index is 0.182. The van der Waals surface area contributed by atoms with Crippen LogP contribution in [0.25, 0.3) is 57.7 Å². The van der Waals surface area contributed by atoms with Gasteiger partial charge in [-0.05, 0) is 211 Å². The average molecular weight is 1080 g/mol. The molecule has 404 valence electrons. The van der Waals surface area contributed by atoms with Crippen molar-refractivity contribution in [1.29, 1.82) is 10.5 Å². The number of anilines is 5. The maximum absolute atomic E-state index is 9.61. The summed E-state index contributed by atoms with van der Waals surface area (Å²) < 4.78 is 11.0. The molecule has 0 saturated carbocycles. The van der Waals surface area contributed by atoms with Gasteiger partial charge >= 0.3 is 0 Å². The first kappa shape index (κ1) is 52.5. The molecule has 0 saturated heterocycles. The van der Waals surface area contributed by atoms with Crippen molar-refractivity contribution in [2.75, 3.05) is 24.0 Å². The lowest BCUT2D eigenvalue weighted by Gasteiger charge is -2.31. The van der Waals surface area contributed by atoms with Gasteiger partial charge in [-0.3, -0.25) is 0 Å². The van der Waals surface area contributed by atoms with Crippen LogP contribution in [0.5, 0.6) is 11.5 Å². The lowest BCUT2D eigenvalue weighted by molar-refractivity contribution is 0.414. The standard InChI is InChI=1S/C77H64N4O2/c1-75(2)69-41-49(9-11-51-19-37-65-67-39-29-59(45-73(67)76(3,4)71(65)43-51)80(55-21-13-53(47-78)14-22-55)57-25-31-61(82-7)32-26-57)17-35-63(69)64-36-18-50(42-70(64)75)10-12-52-20-38-66-68-40-30-60(46-74(68)77(5,6)72(66)44-52)81(56-23-15-54(48-79)16-24-56)58-27-33-62(83-8)34-28-58/h9-15,17-23,25-46H,16,24H2,1-8H3/b11-9+,12-10+. The van der Waals surface area contributed by atoms with Crippen molar-refractivity contribution >= 4 is 52.7 Å². The summed E-state index contributed by atoms with van der Waals surface area (Å²) in [5, 5.41) is 19.2. The summed E-state index contributed by atoms with van der Waals surface area (Å²) in [5.74, 6) is 1.61. The van der Waals surface area contributed by atoms with Crippen molar-refractivity contribution in [1.82, 2.24) is 0 Å². The predicted molar refractivity (Wildman–Crippen MR) is 342 cm³/mol. The summed E-state index contributed by atoms with van der Waals surface area (Å²) in [7, 11) is 3.38. The second-order valence-corrected chi connectivity index (χ2v) is 23.9. The zero-order chi connectivity index (χ0) is 57.4. The summed E-state index contributed by atoms with van der Waals surface area (Å²) in [6, 6.07) is 70.2. The third kappa shape index (κ3) is 9.03. The minimum atomic E-state index is -0.241. The van der Waals surface area contributed by atoms with E-state index in [0.29, 0.717) is 5.56 Å². The summed E-state index contributed by atoms with van der Waals surface area (Å²) in [4.78, 5) is 4.57. The zero-order valence-electron chi connectivity index (χ0n) is 48.3. The zero-order valence-corrected chi connectivity index (χ0v) is 48.3. The molecule has 0 spiro atoms. The van der Waals surface area contributed by atoms with E-state index in [4.69, 9.17) is 9.47 Å². The molecule has 13 rings (SSSR count). The molecular weight excluding hydrogens is 1010 g/mol. The number of hydrogen-bond donors (Lipinski definition) is 0. The van der Waals surface area contributed by atoms with Gasteiger partial charge in [-0.25, -0.2) is 0 Å². The van der Waals surface area contributed by atoms with Crippen molar-refractivity contribution in [3.05, 3.63) is 267 Å². The van der Waals surface area contributed by atoms with Crippen LogP contribution in [0.3, 0.4) is 0 Å². The van der Waals surface area contributed by atoms with Crippen molar-refractivity contribution in [3.63, 3.8) is 0 Å². The fraction of sp³-hybridized carbons (Fsp3) is 0.169. The molecule has 9 aromatic carbocycles. The Morgan fingerprint density at radius 2 is 0.687 bits per heavy atom. The van der Waals surface area contributed by atoms with Gasteiger partial charge in [-0.15, -0.1) is 0 Å². The number of ether oxygens (including phenoxy) is 2. The molecule has 0 unspecified atom stereocenters. The van der Waals surface area contributed by atoms with Gasteiger partial charge in [-0.1, -0.05) is 151 Å². The molecule has 6 heteroatoms. The van der Waals surface area contributed by atoms with Crippen LogP contribution in [-0.2, 0) is 16.2 Å². The second-order valence-electron chi connectivity index (χ2n) is 23.9. The van der Waals surface area contributed by atoms with Crippen LogP contribution in [0.4, 0.5) is 28.4 Å². The molecule has 0 N–H and O–H groups in total. The molecule has 9 aromatic rings. The number of rotatable bonds is 12. The van der Waals surface area contributed by atoms with Crippen LogP contribution >= 0.6 is 0 Å².